The number of halogens is 1. The van der Waals surface area contributed by atoms with Gasteiger partial charge in [0.15, 0.2) is 0 Å². The Balaban J connectivity index is 1.56. The molecule has 25 heavy (non-hydrogen) atoms. The molecule has 5 nitrogen and oxygen atoms in total. The van der Waals surface area contributed by atoms with Gasteiger partial charge in [-0.2, -0.15) is 5.10 Å². The summed E-state index contributed by atoms with van der Waals surface area (Å²) in [5.41, 5.74) is 2.18. The van der Waals surface area contributed by atoms with Crippen LogP contribution in [0.4, 0.5) is 0 Å². The minimum absolute atomic E-state index is 0.0600. The van der Waals surface area contributed by atoms with Gasteiger partial charge in [0.2, 0.25) is 0 Å². The number of aliphatic hydroxyl groups is 1. The zero-order valence-electron chi connectivity index (χ0n) is 14.6. The van der Waals surface area contributed by atoms with Crippen LogP contribution >= 0.6 is 22.9 Å². The van der Waals surface area contributed by atoms with E-state index in [4.69, 9.17) is 16.3 Å². The maximum atomic E-state index is 9.68. The molecule has 4 heterocycles. The van der Waals surface area contributed by atoms with E-state index in [9.17, 15) is 5.11 Å². The van der Waals surface area contributed by atoms with Crippen LogP contribution in [0.5, 0.6) is 0 Å². The van der Waals surface area contributed by atoms with Gasteiger partial charge in [0.25, 0.3) is 0 Å². The second-order valence-electron chi connectivity index (χ2n) is 7.30. The summed E-state index contributed by atoms with van der Waals surface area (Å²) in [6.07, 6.45) is 6.50. The molecule has 0 aromatic carbocycles. The molecule has 7 heteroatoms. The average molecular weight is 382 g/mol. The molecule has 1 N–H and O–H groups in total. The highest BCUT2D eigenvalue weighted by molar-refractivity contribution is 7.16. The molecule has 1 fully saturated rings. The van der Waals surface area contributed by atoms with Crippen LogP contribution in [0.1, 0.15) is 35.8 Å². The minimum atomic E-state index is -0.310. The summed E-state index contributed by atoms with van der Waals surface area (Å²) < 4.78 is 9.10. The zero-order valence-corrected chi connectivity index (χ0v) is 16.2. The fraction of sp³-hybridized carbons (Fsp3) is 0.611. The lowest BCUT2D eigenvalue weighted by atomic mass is 9.78. The number of fused-ring (bicyclic) bond motifs is 2. The van der Waals surface area contributed by atoms with Crippen LogP contribution < -0.4 is 0 Å². The van der Waals surface area contributed by atoms with Crippen molar-refractivity contribution in [3.05, 3.63) is 38.8 Å². The summed E-state index contributed by atoms with van der Waals surface area (Å²) in [6.45, 7) is 4.19. The van der Waals surface area contributed by atoms with Crippen LogP contribution in [-0.2, 0) is 30.4 Å². The molecule has 2 aliphatic rings. The van der Waals surface area contributed by atoms with E-state index in [0.717, 1.165) is 36.7 Å². The molecule has 2 aliphatic heterocycles. The van der Waals surface area contributed by atoms with Crippen molar-refractivity contribution in [3.8, 4) is 0 Å². The molecule has 136 valence electrons. The van der Waals surface area contributed by atoms with Gasteiger partial charge < -0.3 is 9.84 Å². The molecule has 2 aromatic heterocycles. The van der Waals surface area contributed by atoms with Crippen LogP contribution in [0.3, 0.4) is 0 Å². The Hall–Kier alpha value is -0.920. The molecule has 0 radical (unpaired) electrons. The summed E-state index contributed by atoms with van der Waals surface area (Å²) in [6, 6.07) is 2.47. The molecule has 0 bridgehead atoms. The molecule has 0 amide bonds. The number of rotatable bonds is 3. The Bertz CT molecular complexity index is 761. The predicted molar refractivity (Wildman–Crippen MR) is 99.0 cm³/mol. The first-order valence-electron chi connectivity index (χ1n) is 8.78. The molecular weight excluding hydrogens is 358 g/mol. The fourth-order valence-electron chi connectivity index (χ4n) is 4.29. The number of piperidine rings is 1. The number of hydrogen-bond donors (Lipinski definition) is 1. The Morgan fingerprint density at radius 3 is 3.04 bits per heavy atom. The lowest BCUT2D eigenvalue weighted by molar-refractivity contribution is -0.160. The van der Waals surface area contributed by atoms with Gasteiger partial charge in [-0.05, 0) is 31.4 Å². The van der Waals surface area contributed by atoms with E-state index in [0.29, 0.717) is 6.04 Å². The zero-order chi connectivity index (χ0) is 17.6. The number of aryl methyl sites for hydroxylation is 1. The highest BCUT2D eigenvalue weighted by Crippen LogP contribution is 2.48. The third-order valence-electron chi connectivity index (χ3n) is 5.47. The van der Waals surface area contributed by atoms with Gasteiger partial charge in [-0.3, -0.25) is 9.58 Å². The maximum absolute atomic E-state index is 9.68. The smallest absolute Gasteiger partial charge is 0.0974 e. The van der Waals surface area contributed by atoms with Gasteiger partial charge in [-0.25, -0.2) is 0 Å². The van der Waals surface area contributed by atoms with Gasteiger partial charge in [0, 0.05) is 49.2 Å². The standard InChI is InChI=1S/C18H24ClN3O2S/c1-12-7-18(3-4-22(12)10-13-8-20-21(2)9-13)15-6-17(19)25-16(15)5-14(11-23)24-18/h6,8-9,12,14,23H,3-5,7,10-11H2,1-2H3/t12-,14?,18?/m0/s1. The summed E-state index contributed by atoms with van der Waals surface area (Å²) in [4.78, 5) is 3.77. The second-order valence-corrected chi connectivity index (χ2v) is 9.07. The number of aromatic nitrogens is 2. The number of likely N-dealkylation sites (tertiary alicyclic amines) is 1. The van der Waals surface area contributed by atoms with E-state index in [1.54, 1.807) is 11.3 Å². The van der Waals surface area contributed by atoms with Gasteiger partial charge in [-0.1, -0.05) is 11.6 Å². The van der Waals surface area contributed by atoms with E-state index < -0.39 is 0 Å². The molecule has 2 unspecified atom stereocenters. The van der Waals surface area contributed by atoms with Crippen LogP contribution in [0.25, 0.3) is 0 Å². The van der Waals surface area contributed by atoms with Gasteiger partial charge in [-0.15, -0.1) is 11.3 Å². The minimum Gasteiger partial charge on any atom is -0.394 e. The fourth-order valence-corrected chi connectivity index (χ4v) is 5.72. The third-order valence-corrected chi connectivity index (χ3v) is 6.76. The topological polar surface area (TPSA) is 50.5 Å². The normalized spacial score (nSPS) is 29.9. The molecular formula is C18H24ClN3O2S. The van der Waals surface area contributed by atoms with E-state index in [1.807, 2.05) is 17.9 Å². The summed E-state index contributed by atoms with van der Waals surface area (Å²) in [7, 11) is 1.95. The predicted octanol–water partition coefficient (Wildman–Crippen LogP) is 2.95. The Morgan fingerprint density at radius 2 is 2.36 bits per heavy atom. The molecule has 4 rings (SSSR count). The molecule has 1 saturated heterocycles. The molecule has 0 saturated carbocycles. The van der Waals surface area contributed by atoms with Crippen molar-refractivity contribution in [1.29, 1.82) is 0 Å². The lowest BCUT2D eigenvalue weighted by Gasteiger charge is -2.49. The second kappa shape index (κ2) is 6.67. The first-order chi connectivity index (χ1) is 12.0. The summed E-state index contributed by atoms with van der Waals surface area (Å²) >= 11 is 7.93. The van der Waals surface area contributed by atoms with Crippen molar-refractivity contribution in [2.75, 3.05) is 13.2 Å². The van der Waals surface area contributed by atoms with Crippen molar-refractivity contribution in [1.82, 2.24) is 14.7 Å². The number of nitrogens with zero attached hydrogens (tertiary/aromatic N) is 3. The molecule has 2 aromatic rings. The molecule has 3 atom stereocenters. The van der Waals surface area contributed by atoms with Crippen LogP contribution in [-0.4, -0.2) is 45.1 Å². The van der Waals surface area contributed by atoms with E-state index in [2.05, 4.69) is 29.2 Å². The number of aliphatic hydroxyl groups excluding tert-OH is 1. The van der Waals surface area contributed by atoms with E-state index >= 15 is 0 Å². The average Bonchev–Trinajstić information content (AvgIpc) is 3.15. The highest BCUT2D eigenvalue weighted by Gasteiger charge is 2.46. The van der Waals surface area contributed by atoms with Crippen LogP contribution in [0.15, 0.2) is 18.5 Å². The quantitative estimate of drug-likeness (QED) is 0.888. The van der Waals surface area contributed by atoms with Crippen molar-refractivity contribution in [2.24, 2.45) is 7.05 Å². The van der Waals surface area contributed by atoms with Crippen LogP contribution in [0, 0.1) is 0 Å². The van der Waals surface area contributed by atoms with Crippen molar-refractivity contribution >= 4 is 22.9 Å². The summed E-state index contributed by atoms with van der Waals surface area (Å²) in [5.74, 6) is 0. The molecule has 0 aliphatic carbocycles. The Labute approximate surface area is 157 Å². The van der Waals surface area contributed by atoms with E-state index in [1.165, 1.54) is 16.0 Å². The Kier molecular flexibility index (Phi) is 4.67. The SMILES string of the molecule is C[C@H]1CC2(CCN1Cc1cnn(C)c1)OC(CO)Cc1sc(Cl)cc12. The molecule has 1 spiro atoms. The Morgan fingerprint density at radius 1 is 1.52 bits per heavy atom. The van der Waals surface area contributed by atoms with Crippen molar-refractivity contribution in [2.45, 2.75) is 50.5 Å². The number of hydrogen-bond acceptors (Lipinski definition) is 5. The highest BCUT2D eigenvalue weighted by atomic mass is 35.5. The first-order valence-corrected chi connectivity index (χ1v) is 9.97. The number of ether oxygens (including phenoxy) is 1. The monoisotopic (exact) mass is 381 g/mol. The summed E-state index contributed by atoms with van der Waals surface area (Å²) in [5, 5.41) is 13.9. The third kappa shape index (κ3) is 3.26. The van der Waals surface area contributed by atoms with Crippen molar-refractivity contribution < 1.29 is 9.84 Å². The van der Waals surface area contributed by atoms with Crippen molar-refractivity contribution in [3.63, 3.8) is 0 Å². The lowest BCUT2D eigenvalue weighted by Crippen LogP contribution is -2.52. The van der Waals surface area contributed by atoms with Gasteiger partial charge in [0.05, 0.1) is 28.8 Å². The van der Waals surface area contributed by atoms with E-state index in [-0.39, 0.29) is 18.3 Å². The first kappa shape index (κ1) is 17.5. The van der Waals surface area contributed by atoms with Gasteiger partial charge >= 0.3 is 0 Å². The maximum Gasteiger partial charge on any atom is 0.0974 e. The largest absolute Gasteiger partial charge is 0.394 e. The number of thiophene rings is 1. The van der Waals surface area contributed by atoms with Gasteiger partial charge in [0.1, 0.15) is 0 Å². The van der Waals surface area contributed by atoms with Crippen LogP contribution in [0.2, 0.25) is 4.34 Å².